The van der Waals surface area contributed by atoms with E-state index in [0.717, 1.165) is 23.5 Å². The molecule has 0 fully saturated rings. The summed E-state index contributed by atoms with van der Waals surface area (Å²) in [6.07, 6.45) is 0.858. The van der Waals surface area contributed by atoms with Crippen LogP contribution in [0.3, 0.4) is 0 Å². The second-order valence-corrected chi connectivity index (χ2v) is 5.55. The highest BCUT2D eigenvalue weighted by atomic mass is 32.1. The van der Waals surface area contributed by atoms with Gasteiger partial charge in [-0.3, -0.25) is 9.59 Å². The molecule has 8 heteroatoms. The van der Waals surface area contributed by atoms with Gasteiger partial charge in [0.15, 0.2) is 10.6 Å². The van der Waals surface area contributed by atoms with Crippen molar-refractivity contribution in [2.45, 2.75) is 26.3 Å². The van der Waals surface area contributed by atoms with Crippen molar-refractivity contribution in [3.63, 3.8) is 0 Å². The summed E-state index contributed by atoms with van der Waals surface area (Å²) in [6, 6.07) is 1.86. The van der Waals surface area contributed by atoms with Crippen molar-refractivity contribution >= 4 is 33.4 Å². The Balaban J connectivity index is 2.68. The molecular formula is C14H14F2N2O3S. The van der Waals surface area contributed by atoms with Gasteiger partial charge in [-0.1, -0.05) is 18.3 Å². The first-order valence-corrected chi connectivity index (χ1v) is 7.40. The third-order valence-corrected chi connectivity index (χ3v) is 3.92. The molecule has 0 saturated heterocycles. The molecule has 0 unspecified atom stereocenters. The summed E-state index contributed by atoms with van der Waals surface area (Å²) in [5.41, 5.74) is 0.0276. The van der Waals surface area contributed by atoms with Crippen molar-refractivity contribution < 1.29 is 23.1 Å². The van der Waals surface area contributed by atoms with E-state index in [9.17, 15) is 18.4 Å². The maximum absolute atomic E-state index is 14.0. The first kappa shape index (κ1) is 16.3. The maximum atomic E-state index is 14.0. The van der Waals surface area contributed by atoms with Crippen molar-refractivity contribution in [3.05, 3.63) is 28.6 Å². The molecule has 0 aliphatic rings. The Bertz CT molecular complexity index is 795. The number of amides is 1. The second-order valence-electron chi connectivity index (χ2n) is 4.54. The van der Waals surface area contributed by atoms with Gasteiger partial charge in [0.2, 0.25) is 5.91 Å². The first-order valence-electron chi connectivity index (χ1n) is 6.59. The van der Waals surface area contributed by atoms with E-state index in [0.29, 0.717) is 6.42 Å². The zero-order chi connectivity index (χ0) is 16.3. The Labute approximate surface area is 128 Å². The van der Waals surface area contributed by atoms with Crippen molar-refractivity contribution in [1.29, 1.82) is 0 Å². The van der Waals surface area contributed by atoms with E-state index in [1.807, 2.05) is 6.92 Å². The lowest BCUT2D eigenvalue weighted by molar-refractivity contribution is -0.141. The van der Waals surface area contributed by atoms with E-state index in [-0.39, 0.29) is 33.9 Å². The molecule has 0 bridgehead atoms. The molecule has 2 rings (SSSR count). The molecule has 0 spiro atoms. The van der Waals surface area contributed by atoms with Gasteiger partial charge in [-0.05, 0) is 12.5 Å². The number of carbonyl (C=O) groups is 2. The highest BCUT2D eigenvalue weighted by molar-refractivity contribution is 7.16. The lowest BCUT2D eigenvalue weighted by Gasteiger charge is -2.04. The smallest absolute Gasteiger partial charge is 0.325 e. The molecular weight excluding hydrogens is 314 g/mol. The fourth-order valence-corrected chi connectivity index (χ4v) is 3.02. The fourth-order valence-electron chi connectivity index (χ4n) is 1.93. The van der Waals surface area contributed by atoms with Gasteiger partial charge in [0.1, 0.15) is 12.4 Å². The molecule has 1 amide bonds. The number of halogens is 2. The van der Waals surface area contributed by atoms with Crippen LogP contribution >= 0.6 is 11.3 Å². The zero-order valence-corrected chi connectivity index (χ0v) is 12.9. The summed E-state index contributed by atoms with van der Waals surface area (Å²) < 4.78 is 33.4. The Morgan fingerprint density at radius 3 is 2.73 bits per heavy atom. The minimum Gasteiger partial charge on any atom is -0.468 e. The highest BCUT2D eigenvalue weighted by Gasteiger charge is 2.16. The van der Waals surface area contributed by atoms with Crippen LogP contribution < -0.4 is 4.80 Å². The number of hydrogen-bond acceptors (Lipinski definition) is 4. The zero-order valence-electron chi connectivity index (χ0n) is 12.1. The maximum Gasteiger partial charge on any atom is 0.325 e. The third-order valence-electron chi connectivity index (χ3n) is 2.89. The molecule has 0 saturated carbocycles. The number of ether oxygens (including phenoxy) is 1. The molecule has 22 heavy (non-hydrogen) atoms. The average Bonchev–Trinajstić information content (AvgIpc) is 2.76. The quantitative estimate of drug-likeness (QED) is 0.810. The van der Waals surface area contributed by atoms with Gasteiger partial charge in [-0.2, -0.15) is 4.99 Å². The Kier molecular flexibility index (Phi) is 5.02. The number of fused-ring (bicyclic) bond motifs is 1. The molecule has 5 nitrogen and oxygen atoms in total. The van der Waals surface area contributed by atoms with Crippen LogP contribution in [0.25, 0.3) is 10.2 Å². The third kappa shape index (κ3) is 3.38. The van der Waals surface area contributed by atoms with Crippen LogP contribution in [0, 0.1) is 11.6 Å². The lowest BCUT2D eigenvalue weighted by Crippen LogP contribution is -2.22. The van der Waals surface area contributed by atoms with Crippen LogP contribution in [-0.2, 0) is 20.9 Å². The molecule has 2 aromatic rings. The highest BCUT2D eigenvalue weighted by Crippen LogP contribution is 2.22. The van der Waals surface area contributed by atoms with E-state index >= 15 is 0 Å². The Morgan fingerprint density at radius 2 is 2.09 bits per heavy atom. The SMILES string of the molecule is CCCC(=O)N=c1sc2cc(F)cc(F)c2n1CC(=O)OC. The summed E-state index contributed by atoms with van der Waals surface area (Å²) >= 11 is 0.947. The molecule has 1 heterocycles. The molecule has 0 aliphatic heterocycles. The van der Waals surface area contributed by atoms with Crippen molar-refractivity contribution in [3.8, 4) is 0 Å². The van der Waals surface area contributed by atoms with Gasteiger partial charge in [-0.15, -0.1) is 0 Å². The normalized spacial score (nSPS) is 11.9. The summed E-state index contributed by atoms with van der Waals surface area (Å²) in [7, 11) is 1.20. The molecule has 1 aromatic heterocycles. The number of nitrogens with zero attached hydrogens (tertiary/aromatic N) is 2. The minimum atomic E-state index is -0.820. The van der Waals surface area contributed by atoms with Gasteiger partial charge in [-0.25, -0.2) is 8.78 Å². The average molecular weight is 328 g/mol. The summed E-state index contributed by atoms with van der Waals surface area (Å²) in [5.74, 6) is -2.55. The van der Waals surface area contributed by atoms with E-state index in [1.165, 1.54) is 11.7 Å². The van der Waals surface area contributed by atoms with Crippen LogP contribution in [0.1, 0.15) is 19.8 Å². The van der Waals surface area contributed by atoms with Crippen molar-refractivity contribution in [2.24, 2.45) is 4.99 Å². The van der Waals surface area contributed by atoms with E-state index in [4.69, 9.17) is 0 Å². The predicted octanol–water partition coefficient (Wildman–Crippen LogP) is 2.38. The van der Waals surface area contributed by atoms with Gasteiger partial charge < -0.3 is 9.30 Å². The number of methoxy groups -OCH3 is 1. The van der Waals surface area contributed by atoms with Gasteiger partial charge in [0.25, 0.3) is 0 Å². The summed E-state index contributed by atoms with van der Waals surface area (Å²) in [4.78, 5) is 27.2. The number of carbonyl (C=O) groups excluding carboxylic acids is 2. The van der Waals surface area contributed by atoms with Crippen molar-refractivity contribution in [2.75, 3.05) is 7.11 Å². The fraction of sp³-hybridized carbons (Fsp3) is 0.357. The molecule has 1 aromatic carbocycles. The second kappa shape index (κ2) is 6.78. The van der Waals surface area contributed by atoms with Crippen LogP contribution in [0.5, 0.6) is 0 Å². The molecule has 0 N–H and O–H groups in total. The van der Waals surface area contributed by atoms with Crippen LogP contribution in [0.15, 0.2) is 17.1 Å². The van der Waals surface area contributed by atoms with Gasteiger partial charge in [0.05, 0.1) is 17.3 Å². The number of thiazole rings is 1. The molecule has 0 atom stereocenters. The first-order chi connectivity index (χ1) is 10.5. The minimum absolute atomic E-state index is 0.0276. The topological polar surface area (TPSA) is 60.7 Å². The van der Waals surface area contributed by atoms with Gasteiger partial charge >= 0.3 is 5.97 Å². The number of rotatable bonds is 4. The number of hydrogen-bond donors (Lipinski definition) is 0. The largest absolute Gasteiger partial charge is 0.468 e. The van der Waals surface area contributed by atoms with Crippen molar-refractivity contribution in [1.82, 2.24) is 4.57 Å². The Morgan fingerprint density at radius 1 is 1.36 bits per heavy atom. The van der Waals surface area contributed by atoms with Crippen LogP contribution in [0.4, 0.5) is 8.78 Å². The number of benzene rings is 1. The predicted molar refractivity (Wildman–Crippen MR) is 77.2 cm³/mol. The standard InChI is InChI=1S/C14H14F2N2O3S/c1-3-4-11(19)17-14-18(7-12(20)21-2)13-9(16)5-8(15)6-10(13)22-14/h5-6H,3-4,7H2,1-2H3. The lowest BCUT2D eigenvalue weighted by atomic mass is 10.3. The Hall–Kier alpha value is -2.09. The molecule has 0 radical (unpaired) electrons. The summed E-state index contributed by atoms with van der Waals surface area (Å²) in [5, 5.41) is 0. The van der Waals surface area contributed by atoms with Crippen LogP contribution in [-0.4, -0.2) is 23.6 Å². The number of aromatic nitrogens is 1. The monoisotopic (exact) mass is 328 g/mol. The van der Waals surface area contributed by atoms with E-state index < -0.39 is 17.6 Å². The number of esters is 1. The molecule has 0 aliphatic carbocycles. The van der Waals surface area contributed by atoms with E-state index in [2.05, 4.69) is 9.73 Å². The van der Waals surface area contributed by atoms with E-state index in [1.54, 1.807) is 0 Å². The van der Waals surface area contributed by atoms with Gasteiger partial charge in [0, 0.05) is 12.5 Å². The molecule has 118 valence electrons. The summed E-state index contributed by atoms with van der Waals surface area (Å²) in [6.45, 7) is 1.52. The van der Waals surface area contributed by atoms with Crippen LogP contribution in [0.2, 0.25) is 0 Å².